The maximum atomic E-state index is 13.0. The standard InChI is InChI=1S/C15H12FN/c16-15-10-11(7-8-17-15)9-13-6-5-12-3-1-2-4-14(12)13/h2-8,10H,1,9H2. The molecule has 0 saturated carbocycles. The van der Waals surface area contributed by atoms with Crippen molar-refractivity contribution < 1.29 is 4.39 Å². The van der Waals surface area contributed by atoms with E-state index in [1.807, 2.05) is 6.07 Å². The number of hydrogen-bond acceptors (Lipinski definition) is 1. The van der Waals surface area contributed by atoms with Crippen molar-refractivity contribution in [3.05, 3.63) is 76.9 Å². The van der Waals surface area contributed by atoms with E-state index in [1.165, 1.54) is 29.0 Å². The van der Waals surface area contributed by atoms with Crippen molar-refractivity contribution in [2.45, 2.75) is 12.8 Å². The van der Waals surface area contributed by atoms with Gasteiger partial charge in [-0.25, -0.2) is 4.98 Å². The Labute approximate surface area is 99.7 Å². The number of allylic oxidation sites excluding steroid dienone is 8. The predicted octanol–water partition coefficient (Wildman–Crippen LogP) is 3.52. The van der Waals surface area contributed by atoms with Gasteiger partial charge >= 0.3 is 0 Å². The fraction of sp³-hybridized carbons (Fsp3) is 0.133. The molecule has 0 saturated heterocycles. The SMILES string of the molecule is Fc1cc(CC2=C3C=CCC=C3C=C2)ccn1. The molecule has 1 heterocycles. The van der Waals surface area contributed by atoms with Gasteiger partial charge in [0.2, 0.25) is 5.95 Å². The monoisotopic (exact) mass is 225 g/mol. The zero-order valence-electron chi connectivity index (χ0n) is 9.36. The zero-order chi connectivity index (χ0) is 11.7. The number of hydrogen-bond donors (Lipinski definition) is 0. The van der Waals surface area contributed by atoms with Gasteiger partial charge in [0, 0.05) is 6.20 Å². The van der Waals surface area contributed by atoms with Crippen LogP contribution in [0.3, 0.4) is 0 Å². The van der Waals surface area contributed by atoms with Crippen molar-refractivity contribution in [2.75, 3.05) is 0 Å². The molecule has 0 radical (unpaired) electrons. The molecule has 0 bridgehead atoms. The van der Waals surface area contributed by atoms with Gasteiger partial charge in [-0.3, -0.25) is 0 Å². The molecule has 0 aliphatic heterocycles. The highest BCUT2D eigenvalue weighted by Gasteiger charge is 2.14. The highest BCUT2D eigenvalue weighted by molar-refractivity contribution is 5.60. The van der Waals surface area contributed by atoms with E-state index >= 15 is 0 Å². The topological polar surface area (TPSA) is 12.9 Å². The van der Waals surface area contributed by atoms with E-state index in [1.54, 1.807) is 0 Å². The van der Waals surface area contributed by atoms with Crippen LogP contribution in [0, 0.1) is 5.95 Å². The average Bonchev–Trinajstić information content (AvgIpc) is 2.73. The number of aromatic nitrogens is 1. The first-order chi connectivity index (χ1) is 8.33. The van der Waals surface area contributed by atoms with Crippen molar-refractivity contribution in [1.82, 2.24) is 4.98 Å². The maximum Gasteiger partial charge on any atom is 0.213 e. The smallest absolute Gasteiger partial charge is 0.213 e. The number of rotatable bonds is 2. The van der Waals surface area contributed by atoms with Gasteiger partial charge in [-0.15, -0.1) is 0 Å². The number of fused-ring (bicyclic) bond motifs is 1. The van der Waals surface area contributed by atoms with E-state index < -0.39 is 5.95 Å². The van der Waals surface area contributed by atoms with Gasteiger partial charge in [-0.2, -0.15) is 4.39 Å². The lowest BCUT2D eigenvalue weighted by molar-refractivity contribution is 0.582. The Balaban J connectivity index is 1.91. The van der Waals surface area contributed by atoms with E-state index in [4.69, 9.17) is 0 Å². The van der Waals surface area contributed by atoms with Crippen LogP contribution >= 0.6 is 0 Å². The summed E-state index contributed by atoms with van der Waals surface area (Å²) < 4.78 is 13.0. The van der Waals surface area contributed by atoms with Crippen molar-refractivity contribution in [3.63, 3.8) is 0 Å². The Hall–Kier alpha value is -1.96. The summed E-state index contributed by atoms with van der Waals surface area (Å²) in [4.78, 5) is 3.57. The third kappa shape index (κ3) is 1.98. The molecule has 0 unspecified atom stereocenters. The summed E-state index contributed by atoms with van der Waals surface area (Å²) in [5, 5.41) is 0. The highest BCUT2D eigenvalue weighted by atomic mass is 19.1. The summed E-state index contributed by atoms with van der Waals surface area (Å²) >= 11 is 0. The van der Waals surface area contributed by atoms with Crippen LogP contribution in [-0.2, 0) is 6.42 Å². The Bertz CT molecular complexity index is 576. The molecule has 3 rings (SSSR count). The number of nitrogens with zero attached hydrogens (tertiary/aromatic N) is 1. The third-order valence-electron chi connectivity index (χ3n) is 3.06. The van der Waals surface area contributed by atoms with Crippen molar-refractivity contribution in [3.8, 4) is 0 Å². The van der Waals surface area contributed by atoms with Crippen LogP contribution in [0.1, 0.15) is 12.0 Å². The minimum atomic E-state index is -0.412. The quantitative estimate of drug-likeness (QED) is 0.702. The van der Waals surface area contributed by atoms with Crippen LogP contribution in [0.2, 0.25) is 0 Å². The fourth-order valence-electron chi connectivity index (χ4n) is 2.24. The second-order valence-corrected chi connectivity index (χ2v) is 4.23. The van der Waals surface area contributed by atoms with Gasteiger partial charge in [0.15, 0.2) is 0 Å². The Morgan fingerprint density at radius 3 is 3.06 bits per heavy atom. The van der Waals surface area contributed by atoms with E-state index in [0.717, 1.165) is 18.4 Å². The van der Waals surface area contributed by atoms with Gasteiger partial charge in [0.1, 0.15) is 0 Å². The minimum Gasteiger partial charge on any atom is -0.228 e. The summed E-state index contributed by atoms with van der Waals surface area (Å²) in [5.74, 6) is -0.412. The average molecular weight is 225 g/mol. The number of pyridine rings is 1. The molecule has 0 fully saturated rings. The van der Waals surface area contributed by atoms with Gasteiger partial charge in [-0.05, 0) is 47.3 Å². The van der Waals surface area contributed by atoms with E-state index in [-0.39, 0.29) is 0 Å². The molecule has 0 spiro atoms. The van der Waals surface area contributed by atoms with Crippen LogP contribution < -0.4 is 0 Å². The molecule has 1 aromatic rings. The van der Waals surface area contributed by atoms with Crippen LogP contribution in [-0.4, -0.2) is 4.98 Å². The molecule has 2 aliphatic rings. The van der Waals surface area contributed by atoms with Crippen LogP contribution in [0.5, 0.6) is 0 Å². The third-order valence-corrected chi connectivity index (χ3v) is 3.06. The second-order valence-electron chi connectivity index (χ2n) is 4.23. The fourth-order valence-corrected chi connectivity index (χ4v) is 2.24. The summed E-state index contributed by atoms with van der Waals surface area (Å²) in [5.41, 5.74) is 4.77. The molecule has 0 amide bonds. The van der Waals surface area contributed by atoms with E-state index in [0.29, 0.717) is 0 Å². The van der Waals surface area contributed by atoms with Crippen molar-refractivity contribution in [2.24, 2.45) is 0 Å². The van der Waals surface area contributed by atoms with Gasteiger partial charge < -0.3 is 0 Å². The lowest BCUT2D eigenvalue weighted by Crippen LogP contribution is -1.94. The Morgan fingerprint density at radius 2 is 2.18 bits per heavy atom. The normalized spacial score (nSPS) is 17.4. The Kier molecular flexibility index (Phi) is 2.48. The van der Waals surface area contributed by atoms with Crippen LogP contribution in [0.4, 0.5) is 4.39 Å². The second kappa shape index (κ2) is 4.13. The molecule has 1 aromatic heterocycles. The minimum absolute atomic E-state index is 0.412. The first-order valence-electron chi connectivity index (χ1n) is 5.72. The molecule has 17 heavy (non-hydrogen) atoms. The molecule has 1 nitrogen and oxygen atoms in total. The molecule has 2 aliphatic carbocycles. The zero-order valence-corrected chi connectivity index (χ0v) is 9.36. The molecular formula is C15H12FN. The molecular weight excluding hydrogens is 213 g/mol. The van der Waals surface area contributed by atoms with Crippen molar-refractivity contribution >= 4 is 0 Å². The highest BCUT2D eigenvalue weighted by Crippen LogP contribution is 2.31. The maximum absolute atomic E-state index is 13.0. The lowest BCUT2D eigenvalue weighted by Gasteiger charge is -2.08. The van der Waals surface area contributed by atoms with Gasteiger partial charge in [0.05, 0.1) is 0 Å². The molecule has 0 atom stereocenters. The first-order valence-corrected chi connectivity index (χ1v) is 5.72. The molecule has 2 heteroatoms. The van der Waals surface area contributed by atoms with Gasteiger partial charge in [-0.1, -0.05) is 30.4 Å². The lowest BCUT2D eigenvalue weighted by atomic mass is 9.97. The summed E-state index contributed by atoms with van der Waals surface area (Å²) in [6.45, 7) is 0. The van der Waals surface area contributed by atoms with E-state index in [2.05, 4.69) is 35.4 Å². The summed E-state index contributed by atoms with van der Waals surface area (Å²) in [7, 11) is 0. The molecule has 0 N–H and O–H groups in total. The van der Waals surface area contributed by atoms with Crippen LogP contribution in [0.15, 0.2) is 65.4 Å². The predicted molar refractivity (Wildman–Crippen MR) is 65.9 cm³/mol. The Morgan fingerprint density at radius 1 is 1.24 bits per heavy atom. The van der Waals surface area contributed by atoms with Crippen molar-refractivity contribution in [1.29, 1.82) is 0 Å². The number of halogens is 1. The summed E-state index contributed by atoms with van der Waals surface area (Å²) in [6.07, 6.45) is 14.0. The molecule has 84 valence electrons. The van der Waals surface area contributed by atoms with E-state index in [9.17, 15) is 4.39 Å². The molecule has 0 aromatic carbocycles. The first kappa shape index (κ1) is 10.2. The van der Waals surface area contributed by atoms with Crippen LogP contribution in [0.25, 0.3) is 0 Å². The van der Waals surface area contributed by atoms with Gasteiger partial charge in [0.25, 0.3) is 0 Å². The summed E-state index contributed by atoms with van der Waals surface area (Å²) in [6, 6.07) is 3.36. The largest absolute Gasteiger partial charge is 0.228 e.